The largest absolute Gasteiger partial charge is 0.492 e. The summed E-state index contributed by atoms with van der Waals surface area (Å²) in [6.07, 6.45) is 0.754. The molecule has 2 N–H and O–H groups in total. The maximum Gasteiger partial charge on any atom is 0.237 e. The molecule has 1 aromatic rings. The Kier molecular flexibility index (Phi) is 5.55. The van der Waals surface area contributed by atoms with Gasteiger partial charge in [0.15, 0.2) is 0 Å². The highest BCUT2D eigenvalue weighted by Crippen LogP contribution is 2.16. The lowest BCUT2D eigenvalue weighted by atomic mass is 10.2. The van der Waals surface area contributed by atoms with Crippen LogP contribution in [0.4, 0.5) is 0 Å². The fourth-order valence-electron chi connectivity index (χ4n) is 2.30. The van der Waals surface area contributed by atoms with E-state index in [0.717, 1.165) is 6.42 Å². The van der Waals surface area contributed by atoms with Crippen molar-refractivity contribution in [3.63, 3.8) is 0 Å². The lowest BCUT2D eigenvalue weighted by Crippen LogP contribution is -2.52. The van der Waals surface area contributed by atoms with E-state index in [2.05, 4.69) is 6.07 Å². The highest BCUT2D eigenvalue weighted by Gasteiger charge is 2.26. The van der Waals surface area contributed by atoms with Crippen LogP contribution in [0.1, 0.15) is 12.0 Å². The molecule has 1 atom stereocenters. The predicted octanol–water partition coefficient (Wildman–Crippen LogP) is 0.513. The van der Waals surface area contributed by atoms with Crippen molar-refractivity contribution in [1.29, 1.82) is 5.26 Å². The lowest BCUT2D eigenvalue weighted by molar-refractivity contribution is -0.129. The van der Waals surface area contributed by atoms with Gasteiger partial charge in [-0.3, -0.25) is 9.69 Å². The fraction of sp³-hybridized carbons (Fsp3) is 0.467. The normalized spacial score (nSPS) is 18.9. The molecular formula is C15H19N3O3. The zero-order chi connectivity index (χ0) is 15.1. The van der Waals surface area contributed by atoms with E-state index >= 15 is 0 Å². The van der Waals surface area contributed by atoms with E-state index in [1.165, 1.54) is 0 Å². The van der Waals surface area contributed by atoms with Crippen LogP contribution in [0.2, 0.25) is 0 Å². The second kappa shape index (κ2) is 7.62. The average molecular weight is 289 g/mol. The molecule has 0 aromatic heterocycles. The highest BCUT2D eigenvalue weighted by atomic mass is 16.5. The summed E-state index contributed by atoms with van der Waals surface area (Å²) in [5, 5.41) is 8.97. The summed E-state index contributed by atoms with van der Waals surface area (Å²) in [7, 11) is 0. The Morgan fingerprint density at radius 1 is 1.52 bits per heavy atom. The minimum atomic E-state index is -0.356. The molecule has 6 nitrogen and oxygen atoms in total. The monoisotopic (exact) mass is 289 g/mol. The number of benzene rings is 1. The van der Waals surface area contributed by atoms with Crippen molar-refractivity contribution in [2.45, 2.75) is 12.5 Å². The number of hydrogen-bond donors (Lipinski definition) is 1. The first-order valence-electron chi connectivity index (χ1n) is 6.95. The molecule has 1 aromatic carbocycles. The molecule has 0 radical (unpaired) electrons. The molecule has 1 aliphatic rings. The summed E-state index contributed by atoms with van der Waals surface area (Å²) in [5.74, 6) is 0.235. The maximum absolute atomic E-state index is 11.3. The summed E-state index contributed by atoms with van der Waals surface area (Å²) in [5.41, 5.74) is 5.89. The van der Waals surface area contributed by atoms with Gasteiger partial charge in [-0.1, -0.05) is 12.1 Å². The summed E-state index contributed by atoms with van der Waals surface area (Å²) < 4.78 is 10.9. The molecule has 1 fully saturated rings. The van der Waals surface area contributed by atoms with Gasteiger partial charge in [0, 0.05) is 13.1 Å². The minimum Gasteiger partial charge on any atom is -0.492 e. The van der Waals surface area contributed by atoms with Gasteiger partial charge < -0.3 is 15.2 Å². The Bertz CT molecular complexity index is 527. The van der Waals surface area contributed by atoms with Crippen molar-refractivity contribution in [3.8, 4) is 11.8 Å². The molecule has 1 amide bonds. The Labute approximate surface area is 124 Å². The van der Waals surface area contributed by atoms with Crippen molar-refractivity contribution >= 4 is 5.91 Å². The van der Waals surface area contributed by atoms with Gasteiger partial charge in [-0.2, -0.15) is 5.26 Å². The summed E-state index contributed by atoms with van der Waals surface area (Å²) >= 11 is 0. The third-order valence-electron chi connectivity index (χ3n) is 3.42. The third-order valence-corrected chi connectivity index (χ3v) is 3.42. The van der Waals surface area contributed by atoms with Gasteiger partial charge in [0.2, 0.25) is 5.91 Å². The SMILES string of the molecule is N#Cc1ccccc1OCCCN1CCOCC1C(N)=O. The van der Waals surface area contributed by atoms with Gasteiger partial charge in [0.05, 0.1) is 25.4 Å². The zero-order valence-corrected chi connectivity index (χ0v) is 11.8. The highest BCUT2D eigenvalue weighted by molar-refractivity contribution is 5.80. The molecule has 1 heterocycles. The predicted molar refractivity (Wildman–Crippen MR) is 76.6 cm³/mol. The van der Waals surface area contributed by atoms with E-state index in [1.54, 1.807) is 18.2 Å². The van der Waals surface area contributed by atoms with Crippen LogP contribution in [-0.2, 0) is 9.53 Å². The number of carbonyl (C=O) groups excluding carboxylic acids is 1. The first-order valence-corrected chi connectivity index (χ1v) is 6.95. The molecule has 0 bridgehead atoms. The van der Waals surface area contributed by atoms with Crippen LogP contribution in [0, 0.1) is 11.3 Å². The van der Waals surface area contributed by atoms with Crippen molar-refractivity contribution in [2.75, 3.05) is 32.9 Å². The fourth-order valence-corrected chi connectivity index (χ4v) is 2.30. The quantitative estimate of drug-likeness (QED) is 0.771. The van der Waals surface area contributed by atoms with Gasteiger partial charge in [-0.25, -0.2) is 0 Å². The molecule has 6 heteroatoms. The van der Waals surface area contributed by atoms with Crippen LogP contribution in [-0.4, -0.2) is 49.8 Å². The third kappa shape index (κ3) is 4.18. The van der Waals surface area contributed by atoms with E-state index < -0.39 is 0 Å². The number of morpholine rings is 1. The van der Waals surface area contributed by atoms with Crippen LogP contribution in [0.5, 0.6) is 5.75 Å². The van der Waals surface area contributed by atoms with E-state index in [9.17, 15) is 4.79 Å². The van der Waals surface area contributed by atoms with Crippen LogP contribution in [0.15, 0.2) is 24.3 Å². The van der Waals surface area contributed by atoms with Crippen molar-refractivity contribution in [2.24, 2.45) is 5.73 Å². The Morgan fingerprint density at radius 3 is 3.10 bits per heavy atom. The summed E-state index contributed by atoms with van der Waals surface area (Å²) in [4.78, 5) is 13.4. The zero-order valence-electron chi connectivity index (χ0n) is 11.8. The number of rotatable bonds is 6. The molecule has 112 valence electrons. The molecule has 21 heavy (non-hydrogen) atoms. The average Bonchev–Trinajstić information content (AvgIpc) is 2.52. The lowest BCUT2D eigenvalue weighted by Gasteiger charge is -2.33. The molecule has 1 saturated heterocycles. The van der Waals surface area contributed by atoms with Gasteiger partial charge in [0.1, 0.15) is 17.9 Å². The first kappa shape index (κ1) is 15.3. The molecular weight excluding hydrogens is 270 g/mol. The maximum atomic E-state index is 11.3. The number of nitrogens with zero attached hydrogens (tertiary/aromatic N) is 2. The molecule has 0 aliphatic carbocycles. The van der Waals surface area contributed by atoms with Crippen molar-refractivity contribution in [1.82, 2.24) is 4.90 Å². The van der Waals surface area contributed by atoms with E-state index in [1.807, 2.05) is 11.0 Å². The Hall–Kier alpha value is -2.10. The second-order valence-electron chi connectivity index (χ2n) is 4.84. The summed E-state index contributed by atoms with van der Waals surface area (Å²) in [6, 6.07) is 8.88. The second-order valence-corrected chi connectivity index (χ2v) is 4.84. The topological polar surface area (TPSA) is 88.6 Å². The number of nitrogens with two attached hydrogens (primary N) is 1. The van der Waals surface area contributed by atoms with Crippen LogP contribution in [0.3, 0.4) is 0 Å². The molecule has 1 aliphatic heterocycles. The smallest absolute Gasteiger partial charge is 0.237 e. The first-order chi connectivity index (χ1) is 10.2. The van der Waals surface area contributed by atoms with Crippen LogP contribution < -0.4 is 10.5 Å². The van der Waals surface area contributed by atoms with E-state index in [4.69, 9.17) is 20.5 Å². The van der Waals surface area contributed by atoms with Crippen molar-refractivity contribution in [3.05, 3.63) is 29.8 Å². The number of primary amides is 1. The number of nitriles is 1. The van der Waals surface area contributed by atoms with Crippen LogP contribution >= 0.6 is 0 Å². The molecule has 2 rings (SSSR count). The van der Waals surface area contributed by atoms with Crippen molar-refractivity contribution < 1.29 is 14.3 Å². The Balaban J connectivity index is 1.79. The number of amides is 1. The van der Waals surface area contributed by atoms with Gasteiger partial charge in [0.25, 0.3) is 0 Å². The molecule has 0 spiro atoms. The van der Waals surface area contributed by atoms with Crippen LogP contribution in [0.25, 0.3) is 0 Å². The van der Waals surface area contributed by atoms with Gasteiger partial charge in [-0.15, -0.1) is 0 Å². The number of hydrogen-bond acceptors (Lipinski definition) is 5. The molecule has 0 saturated carbocycles. The van der Waals surface area contributed by atoms with E-state index in [-0.39, 0.29) is 11.9 Å². The number of ether oxygens (including phenoxy) is 2. The van der Waals surface area contributed by atoms with Gasteiger partial charge >= 0.3 is 0 Å². The number of carbonyl (C=O) groups is 1. The van der Waals surface area contributed by atoms with E-state index in [0.29, 0.717) is 44.2 Å². The Morgan fingerprint density at radius 2 is 2.33 bits per heavy atom. The van der Waals surface area contributed by atoms with Gasteiger partial charge in [-0.05, 0) is 18.6 Å². The summed E-state index contributed by atoms with van der Waals surface area (Å²) in [6.45, 7) is 2.87. The standard InChI is InChI=1S/C15H19N3O3/c16-10-12-4-1-2-5-14(12)21-8-3-6-18-7-9-20-11-13(18)15(17)19/h1-2,4-5,13H,3,6-9,11H2,(H2,17,19). The molecule has 1 unspecified atom stereocenters. The number of para-hydroxylation sites is 1. The minimum absolute atomic E-state index is 0.355.